The maximum absolute atomic E-state index is 12.7. The summed E-state index contributed by atoms with van der Waals surface area (Å²) in [4.78, 5) is 0.367. The zero-order valence-corrected chi connectivity index (χ0v) is 13.8. The lowest BCUT2D eigenvalue weighted by molar-refractivity contribution is 0.141. The molecule has 0 spiro atoms. The van der Waals surface area contributed by atoms with Crippen LogP contribution in [-0.4, -0.2) is 25.8 Å². The summed E-state index contributed by atoms with van der Waals surface area (Å²) in [5.41, 5.74) is 6.78. The van der Waals surface area contributed by atoms with Crippen LogP contribution in [0.15, 0.2) is 29.2 Å². The summed E-state index contributed by atoms with van der Waals surface area (Å²) in [5.74, 6) is 0. The number of hydrogen-bond acceptors (Lipinski definition) is 3. The molecule has 1 saturated heterocycles. The average Bonchev–Trinajstić information content (AvgIpc) is 2.55. The van der Waals surface area contributed by atoms with Crippen molar-refractivity contribution in [1.82, 2.24) is 4.31 Å². The molecule has 1 aromatic rings. The highest BCUT2D eigenvalue weighted by molar-refractivity contribution is 7.89. The van der Waals surface area contributed by atoms with Gasteiger partial charge in [0, 0.05) is 19.6 Å². The maximum atomic E-state index is 12.7. The molecule has 0 radical (unpaired) electrons. The van der Waals surface area contributed by atoms with Crippen molar-refractivity contribution in [2.75, 3.05) is 13.1 Å². The quantitative estimate of drug-likeness (QED) is 0.909. The van der Waals surface area contributed by atoms with Crippen LogP contribution in [0.25, 0.3) is 0 Å². The Morgan fingerprint density at radius 3 is 2.33 bits per heavy atom. The van der Waals surface area contributed by atoms with Gasteiger partial charge in [0.05, 0.1) is 4.90 Å². The van der Waals surface area contributed by atoms with Crippen LogP contribution in [0.5, 0.6) is 0 Å². The van der Waals surface area contributed by atoms with Crippen molar-refractivity contribution in [3.63, 3.8) is 0 Å². The third-order valence-electron chi connectivity index (χ3n) is 5.05. The fourth-order valence-corrected chi connectivity index (χ4v) is 4.65. The van der Waals surface area contributed by atoms with Gasteiger partial charge in [0.2, 0.25) is 10.0 Å². The standard InChI is InChI=1S/C16H26N2O2S/c1-3-16(4-2)8-10-18(11-9-16)21(19,20)15-7-5-6-14(12-15)13-17/h5-7,12H,3-4,8-11,13,17H2,1-2H3. The molecule has 1 heterocycles. The summed E-state index contributed by atoms with van der Waals surface area (Å²) in [6.45, 7) is 6.02. The third-order valence-corrected chi connectivity index (χ3v) is 6.95. The van der Waals surface area contributed by atoms with Crippen LogP contribution < -0.4 is 5.73 Å². The van der Waals surface area contributed by atoms with E-state index in [1.807, 2.05) is 6.07 Å². The molecule has 1 aliphatic rings. The van der Waals surface area contributed by atoms with Gasteiger partial charge in [-0.3, -0.25) is 0 Å². The largest absolute Gasteiger partial charge is 0.326 e. The average molecular weight is 310 g/mol. The van der Waals surface area contributed by atoms with E-state index in [1.165, 1.54) is 0 Å². The Labute approximate surface area is 128 Å². The van der Waals surface area contributed by atoms with Gasteiger partial charge in [-0.2, -0.15) is 4.31 Å². The predicted molar refractivity (Wildman–Crippen MR) is 85.3 cm³/mol. The van der Waals surface area contributed by atoms with E-state index >= 15 is 0 Å². The summed E-state index contributed by atoms with van der Waals surface area (Å²) in [5, 5.41) is 0. The molecular formula is C16H26N2O2S. The Bertz CT molecular complexity index is 570. The van der Waals surface area contributed by atoms with Gasteiger partial charge in [-0.05, 0) is 36.0 Å². The molecule has 1 fully saturated rings. The van der Waals surface area contributed by atoms with Crippen LogP contribution in [0.1, 0.15) is 45.1 Å². The summed E-state index contributed by atoms with van der Waals surface area (Å²) < 4.78 is 27.1. The number of benzene rings is 1. The first-order chi connectivity index (χ1) is 9.97. The third kappa shape index (κ3) is 3.30. The van der Waals surface area contributed by atoms with Crippen molar-refractivity contribution in [2.24, 2.45) is 11.1 Å². The molecule has 0 aliphatic carbocycles. The van der Waals surface area contributed by atoms with Crippen LogP contribution in [0, 0.1) is 5.41 Å². The van der Waals surface area contributed by atoms with Gasteiger partial charge in [-0.15, -0.1) is 0 Å². The number of hydrogen-bond donors (Lipinski definition) is 1. The summed E-state index contributed by atoms with van der Waals surface area (Å²) in [6.07, 6.45) is 4.16. The van der Waals surface area contributed by atoms with E-state index in [-0.39, 0.29) is 0 Å². The van der Waals surface area contributed by atoms with E-state index in [2.05, 4.69) is 13.8 Å². The monoisotopic (exact) mass is 310 g/mol. The lowest BCUT2D eigenvalue weighted by atomic mass is 9.75. The molecule has 0 bridgehead atoms. The van der Waals surface area contributed by atoms with Crippen LogP contribution in [0.2, 0.25) is 0 Å². The van der Waals surface area contributed by atoms with E-state index < -0.39 is 10.0 Å². The van der Waals surface area contributed by atoms with Gasteiger partial charge >= 0.3 is 0 Å². The first-order valence-electron chi connectivity index (χ1n) is 7.76. The fourth-order valence-electron chi connectivity index (χ4n) is 3.14. The minimum atomic E-state index is -3.38. The molecule has 0 unspecified atom stereocenters. The van der Waals surface area contributed by atoms with Gasteiger partial charge in [-0.1, -0.05) is 38.8 Å². The molecule has 0 saturated carbocycles. The SMILES string of the molecule is CCC1(CC)CCN(S(=O)(=O)c2cccc(CN)c2)CC1. The van der Waals surface area contributed by atoms with Gasteiger partial charge < -0.3 is 5.73 Å². The number of sulfonamides is 1. The molecule has 1 aromatic carbocycles. The highest BCUT2D eigenvalue weighted by atomic mass is 32.2. The van der Waals surface area contributed by atoms with E-state index in [4.69, 9.17) is 5.73 Å². The number of nitrogens with two attached hydrogens (primary N) is 1. The zero-order chi connectivity index (χ0) is 15.5. The Balaban J connectivity index is 2.18. The van der Waals surface area contributed by atoms with Gasteiger partial charge in [0.15, 0.2) is 0 Å². The van der Waals surface area contributed by atoms with E-state index in [0.717, 1.165) is 31.2 Å². The Morgan fingerprint density at radius 1 is 1.19 bits per heavy atom. The Kier molecular flexibility index (Phi) is 5.07. The lowest BCUT2D eigenvalue weighted by Crippen LogP contribution is -2.42. The smallest absolute Gasteiger partial charge is 0.243 e. The Hall–Kier alpha value is -0.910. The molecule has 2 rings (SSSR count). The van der Waals surface area contributed by atoms with Crippen molar-refractivity contribution >= 4 is 10.0 Å². The van der Waals surface area contributed by atoms with Crippen LogP contribution in [0.3, 0.4) is 0 Å². The highest BCUT2D eigenvalue weighted by Gasteiger charge is 2.36. The first kappa shape index (κ1) is 16.5. The number of rotatable bonds is 5. The van der Waals surface area contributed by atoms with E-state index in [0.29, 0.717) is 29.9 Å². The molecule has 0 atom stereocenters. The van der Waals surface area contributed by atoms with Crippen LogP contribution in [-0.2, 0) is 16.6 Å². The molecule has 1 aliphatic heterocycles. The second kappa shape index (κ2) is 6.46. The predicted octanol–water partition coefficient (Wildman–Crippen LogP) is 2.74. The van der Waals surface area contributed by atoms with Crippen LogP contribution in [0.4, 0.5) is 0 Å². The van der Waals surface area contributed by atoms with Crippen molar-refractivity contribution < 1.29 is 8.42 Å². The molecule has 5 heteroatoms. The minimum Gasteiger partial charge on any atom is -0.326 e. The molecular weight excluding hydrogens is 284 g/mol. The van der Waals surface area contributed by atoms with E-state index in [9.17, 15) is 8.42 Å². The number of piperidine rings is 1. The highest BCUT2D eigenvalue weighted by Crippen LogP contribution is 2.39. The van der Waals surface area contributed by atoms with Gasteiger partial charge in [0.1, 0.15) is 0 Å². The topological polar surface area (TPSA) is 63.4 Å². The van der Waals surface area contributed by atoms with Gasteiger partial charge in [0.25, 0.3) is 0 Å². The molecule has 21 heavy (non-hydrogen) atoms. The fraction of sp³-hybridized carbons (Fsp3) is 0.625. The molecule has 118 valence electrons. The number of nitrogens with zero attached hydrogens (tertiary/aromatic N) is 1. The Morgan fingerprint density at radius 2 is 1.81 bits per heavy atom. The van der Waals surface area contributed by atoms with Gasteiger partial charge in [-0.25, -0.2) is 8.42 Å². The molecule has 0 amide bonds. The second-order valence-corrected chi connectivity index (χ2v) is 7.90. The summed E-state index contributed by atoms with van der Waals surface area (Å²) in [7, 11) is -3.38. The first-order valence-corrected chi connectivity index (χ1v) is 9.20. The molecule has 2 N–H and O–H groups in total. The minimum absolute atomic E-state index is 0.325. The summed E-state index contributed by atoms with van der Waals surface area (Å²) in [6, 6.07) is 6.97. The lowest BCUT2D eigenvalue weighted by Gasteiger charge is -2.40. The van der Waals surface area contributed by atoms with E-state index in [1.54, 1.807) is 22.5 Å². The normalized spacial score (nSPS) is 19.6. The van der Waals surface area contributed by atoms with Crippen molar-refractivity contribution in [3.05, 3.63) is 29.8 Å². The van der Waals surface area contributed by atoms with Crippen molar-refractivity contribution in [2.45, 2.75) is 51.0 Å². The van der Waals surface area contributed by atoms with Crippen molar-refractivity contribution in [3.8, 4) is 0 Å². The second-order valence-electron chi connectivity index (χ2n) is 5.96. The molecule has 4 nitrogen and oxygen atoms in total. The van der Waals surface area contributed by atoms with Crippen LogP contribution >= 0.6 is 0 Å². The van der Waals surface area contributed by atoms with Crippen molar-refractivity contribution in [1.29, 1.82) is 0 Å². The summed E-state index contributed by atoms with van der Waals surface area (Å²) >= 11 is 0. The molecule has 0 aromatic heterocycles. The maximum Gasteiger partial charge on any atom is 0.243 e. The zero-order valence-electron chi connectivity index (χ0n) is 13.0.